The van der Waals surface area contributed by atoms with Gasteiger partial charge in [-0.2, -0.15) is 0 Å². The van der Waals surface area contributed by atoms with Crippen molar-refractivity contribution in [3.05, 3.63) is 23.7 Å². The summed E-state index contributed by atoms with van der Waals surface area (Å²) < 4.78 is 5.08. The van der Waals surface area contributed by atoms with Crippen LogP contribution in [-0.4, -0.2) is 22.5 Å². The molecule has 4 N–H and O–H groups in total. The Morgan fingerprint density at radius 1 is 1.56 bits per heavy atom. The van der Waals surface area contributed by atoms with E-state index in [1.807, 2.05) is 13.8 Å². The molecule has 0 atom stereocenters. The van der Waals surface area contributed by atoms with E-state index in [2.05, 4.69) is 10.5 Å². The third-order valence-corrected chi connectivity index (χ3v) is 3.26. The number of furan rings is 1. The predicted octanol–water partition coefficient (Wildman–Crippen LogP) is 1.62. The van der Waals surface area contributed by atoms with Gasteiger partial charge in [0.25, 0.3) is 5.91 Å². The fraction of sp³-hybridized carbons (Fsp3) is 0.500. The highest BCUT2D eigenvalue weighted by molar-refractivity contribution is 6.00. The van der Waals surface area contributed by atoms with Crippen LogP contribution in [0.25, 0.3) is 0 Å². The lowest BCUT2D eigenvalue weighted by Crippen LogP contribution is -2.56. The zero-order chi connectivity index (χ0) is 13.8. The molecule has 0 aliphatic rings. The number of amides is 1. The molecule has 1 heterocycles. The maximum absolute atomic E-state index is 12.1. The summed E-state index contributed by atoms with van der Waals surface area (Å²) in [7, 11) is 0. The number of aryl methyl sites for hydroxylation is 1. The van der Waals surface area contributed by atoms with E-state index in [1.54, 1.807) is 13.0 Å². The zero-order valence-corrected chi connectivity index (χ0v) is 10.9. The molecule has 0 aromatic carbocycles. The van der Waals surface area contributed by atoms with Crippen LogP contribution in [0, 0.1) is 6.92 Å². The Labute approximate surface area is 106 Å². The van der Waals surface area contributed by atoms with Gasteiger partial charge in [-0.05, 0) is 25.8 Å². The Bertz CT molecular complexity index is 447. The number of nitrogens with one attached hydrogen (secondary N) is 1. The van der Waals surface area contributed by atoms with Crippen LogP contribution in [0.4, 0.5) is 0 Å². The molecule has 6 heteroatoms. The van der Waals surface area contributed by atoms with E-state index >= 15 is 0 Å². The van der Waals surface area contributed by atoms with E-state index in [1.165, 1.54) is 6.26 Å². The third-order valence-electron chi connectivity index (χ3n) is 3.26. The monoisotopic (exact) mass is 253 g/mol. The van der Waals surface area contributed by atoms with Gasteiger partial charge in [-0.1, -0.05) is 19.0 Å². The lowest BCUT2D eigenvalue weighted by atomic mass is 9.91. The van der Waals surface area contributed by atoms with Crippen LogP contribution in [0.1, 0.15) is 42.8 Å². The quantitative estimate of drug-likeness (QED) is 0.321. The van der Waals surface area contributed by atoms with E-state index in [-0.39, 0.29) is 11.7 Å². The maximum Gasteiger partial charge on any atom is 0.255 e. The summed E-state index contributed by atoms with van der Waals surface area (Å²) in [6, 6.07) is 1.59. The van der Waals surface area contributed by atoms with Gasteiger partial charge in [0.2, 0.25) is 0 Å². The molecule has 1 rings (SSSR count). The number of hydrogen-bond donors (Lipinski definition) is 3. The molecule has 18 heavy (non-hydrogen) atoms. The van der Waals surface area contributed by atoms with E-state index in [9.17, 15) is 4.79 Å². The predicted molar refractivity (Wildman–Crippen MR) is 67.6 cm³/mol. The highest BCUT2D eigenvalue weighted by Gasteiger charge is 2.34. The molecule has 0 spiro atoms. The van der Waals surface area contributed by atoms with Gasteiger partial charge in [-0.25, -0.2) is 0 Å². The van der Waals surface area contributed by atoms with Gasteiger partial charge in [-0.15, -0.1) is 0 Å². The first-order chi connectivity index (χ1) is 8.50. The van der Waals surface area contributed by atoms with Crippen LogP contribution in [0.15, 0.2) is 21.9 Å². The Kier molecular flexibility index (Phi) is 4.36. The fourth-order valence-corrected chi connectivity index (χ4v) is 1.85. The Balaban J connectivity index is 2.99. The number of nitrogens with zero attached hydrogens (tertiary/aromatic N) is 1. The van der Waals surface area contributed by atoms with Crippen molar-refractivity contribution in [2.24, 2.45) is 10.9 Å². The van der Waals surface area contributed by atoms with Gasteiger partial charge in [-0.3, -0.25) is 4.79 Å². The highest BCUT2D eigenvalue weighted by atomic mass is 16.4. The number of carbonyl (C=O) groups is 1. The van der Waals surface area contributed by atoms with Gasteiger partial charge < -0.3 is 20.7 Å². The van der Waals surface area contributed by atoms with Gasteiger partial charge in [0.15, 0.2) is 5.84 Å². The van der Waals surface area contributed by atoms with Crippen LogP contribution >= 0.6 is 0 Å². The fourth-order valence-electron chi connectivity index (χ4n) is 1.85. The van der Waals surface area contributed by atoms with E-state index < -0.39 is 5.54 Å². The first-order valence-electron chi connectivity index (χ1n) is 5.85. The topological polar surface area (TPSA) is 101 Å². The molecule has 1 aromatic rings. The third kappa shape index (κ3) is 2.47. The molecular weight excluding hydrogens is 234 g/mol. The van der Waals surface area contributed by atoms with Gasteiger partial charge in [0, 0.05) is 0 Å². The second-order valence-corrected chi connectivity index (χ2v) is 4.12. The van der Waals surface area contributed by atoms with Gasteiger partial charge >= 0.3 is 0 Å². The van der Waals surface area contributed by atoms with Crippen LogP contribution in [0.3, 0.4) is 0 Å². The van der Waals surface area contributed by atoms with Crippen molar-refractivity contribution in [3.8, 4) is 0 Å². The van der Waals surface area contributed by atoms with Crippen molar-refractivity contribution < 1.29 is 14.4 Å². The van der Waals surface area contributed by atoms with Crippen molar-refractivity contribution in [2.75, 3.05) is 0 Å². The number of amidine groups is 1. The molecule has 0 radical (unpaired) electrons. The van der Waals surface area contributed by atoms with Gasteiger partial charge in [0.05, 0.1) is 11.8 Å². The van der Waals surface area contributed by atoms with Crippen LogP contribution in [0.5, 0.6) is 0 Å². The highest BCUT2D eigenvalue weighted by Crippen LogP contribution is 2.18. The first kappa shape index (κ1) is 14.1. The molecule has 0 unspecified atom stereocenters. The average molecular weight is 253 g/mol. The molecule has 100 valence electrons. The minimum atomic E-state index is -0.838. The molecule has 0 aliphatic carbocycles. The van der Waals surface area contributed by atoms with Crippen molar-refractivity contribution in [1.29, 1.82) is 0 Å². The molecule has 0 saturated carbocycles. The van der Waals surface area contributed by atoms with Crippen molar-refractivity contribution in [2.45, 2.75) is 39.2 Å². The summed E-state index contributed by atoms with van der Waals surface area (Å²) in [6.07, 6.45) is 2.51. The minimum Gasteiger partial charge on any atom is -0.469 e. The second-order valence-electron chi connectivity index (χ2n) is 4.12. The van der Waals surface area contributed by atoms with Crippen molar-refractivity contribution in [1.82, 2.24) is 5.32 Å². The van der Waals surface area contributed by atoms with Crippen LogP contribution in [0.2, 0.25) is 0 Å². The summed E-state index contributed by atoms with van der Waals surface area (Å²) in [5, 5.41) is 14.6. The summed E-state index contributed by atoms with van der Waals surface area (Å²) in [6.45, 7) is 5.44. The number of nitrogens with two attached hydrogens (primary N) is 1. The molecule has 0 bridgehead atoms. The molecule has 0 fully saturated rings. The first-order valence-corrected chi connectivity index (χ1v) is 5.85. The number of carbonyl (C=O) groups excluding carboxylic acids is 1. The summed E-state index contributed by atoms with van der Waals surface area (Å²) >= 11 is 0. The maximum atomic E-state index is 12.1. The molecule has 1 aromatic heterocycles. The molecule has 0 saturated heterocycles. The summed E-state index contributed by atoms with van der Waals surface area (Å²) in [4.78, 5) is 12.1. The van der Waals surface area contributed by atoms with E-state index in [0.717, 1.165) is 0 Å². The van der Waals surface area contributed by atoms with E-state index in [0.29, 0.717) is 24.2 Å². The summed E-state index contributed by atoms with van der Waals surface area (Å²) in [5.41, 5.74) is 5.29. The Hall–Kier alpha value is -1.98. The van der Waals surface area contributed by atoms with Gasteiger partial charge in [0.1, 0.15) is 11.3 Å². The Morgan fingerprint density at radius 3 is 2.56 bits per heavy atom. The Morgan fingerprint density at radius 2 is 2.17 bits per heavy atom. The van der Waals surface area contributed by atoms with Crippen molar-refractivity contribution in [3.63, 3.8) is 0 Å². The largest absolute Gasteiger partial charge is 0.469 e. The lowest BCUT2D eigenvalue weighted by Gasteiger charge is -2.31. The SMILES string of the molecule is CCC(CC)(NC(=O)c1ccoc1C)/C(N)=N/O. The van der Waals surface area contributed by atoms with E-state index in [4.69, 9.17) is 15.4 Å². The molecule has 0 aliphatic heterocycles. The standard InChI is InChI=1S/C12H19N3O3/c1-4-12(5-2,11(13)15-17)14-10(16)9-6-7-18-8(9)3/h6-7,17H,4-5H2,1-3H3,(H2,13,15)(H,14,16). The zero-order valence-electron chi connectivity index (χ0n) is 10.9. The number of rotatable bonds is 5. The second kappa shape index (κ2) is 5.57. The summed E-state index contributed by atoms with van der Waals surface area (Å²) in [5.74, 6) is 0.242. The number of oxime groups is 1. The molecule has 1 amide bonds. The lowest BCUT2D eigenvalue weighted by molar-refractivity contribution is 0.0916. The normalized spacial score (nSPS) is 12.5. The molecule has 6 nitrogen and oxygen atoms in total. The number of hydrogen-bond acceptors (Lipinski definition) is 4. The van der Waals surface area contributed by atoms with Crippen molar-refractivity contribution >= 4 is 11.7 Å². The smallest absolute Gasteiger partial charge is 0.255 e. The van der Waals surface area contributed by atoms with Crippen LogP contribution in [-0.2, 0) is 0 Å². The molecular formula is C12H19N3O3. The average Bonchev–Trinajstić information content (AvgIpc) is 2.81. The minimum absolute atomic E-state index is 0.00185. The van der Waals surface area contributed by atoms with Crippen LogP contribution < -0.4 is 11.1 Å².